The summed E-state index contributed by atoms with van der Waals surface area (Å²) in [7, 11) is 0. The Hall–Kier alpha value is -1.65. The van der Waals surface area contributed by atoms with Gasteiger partial charge in [-0.2, -0.15) is 0 Å². The van der Waals surface area contributed by atoms with E-state index in [1.54, 1.807) is 18.2 Å². The number of pyridine rings is 1. The normalized spacial score (nSPS) is 10.5. The first-order valence-electron chi connectivity index (χ1n) is 5.29. The summed E-state index contributed by atoms with van der Waals surface area (Å²) >= 11 is 11.7. The third-order valence-electron chi connectivity index (χ3n) is 2.49. The highest BCUT2D eigenvalue weighted by atomic mass is 35.5. The summed E-state index contributed by atoms with van der Waals surface area (Å²) in [6.07, 6.45) is 0.690. The van der Waals surface area contributed by atoms with E-state index in [-0.39, 0.29) is 12.1 Å². The van der Waals surface area contributed by atoms with Gasteiger partial charge in [0.15, 0.2) is 0 Å². The van der Waals surface area contributed by atoms with Gasteiger partial charge in [0.1, 0.15) is 5.82 Å². The lowest BCUT2D eigenvalue weighted by Gasteiger charge is -2.08. The molecule has 0 saturated heterocycles. The number of aromatic nitrogens is 1. The van der Waals surface area contributed by atoms with Crippen molar-refractivity contribution in [2.24, 2.45) is 0 Å². The van der Waals surface area contributed by atoms with Crippen LogP contribution in [0.4, 0.5) is 4.39 Å². The number of hydrogen-bond acceptors (Lipinski definition) is 2. The van der Waals surface area contributed by atoms with Crippen LogP contribution in [0.3, 0.4) is 0 Å². The number of hydrogen-bond donors (Lipinski definition) is 1. The summed E-state index contributed by atoms with van der Waals surface area (Å²) in [4.78, 5) is 14.6. The SMILES string of the molecule is O=C(O)Cc1ncc(F)cc1-c1ccc(Cl)c(Cl)c1. The molecule has 1 N–H and O–H groups in total. The number of carboxylic acid groups (broad SMARTS) is 1. The van der Waals surface area contributed by atoms with Crippen molar-refractivity contribution in [3.05, 3.63) is 52.0 Å². The fourth-order valence-electron chi connectivity index (χ4n) is 1.67. The summed E-state index contributed by atoms with van der Waals surface area (Å²) in [6, 6.07) is 5.97. The average molecular weight is 300 g/mol. The Labute approximate surface area is 118 Å². The number of nitrogens with zero attached hydrogens (tertiary/aromatic N) is 1. The lowest BCUT2D eigenvalue weighted by atomic mass is 10.0. The van der Waals surface area contributed by atoms with Gasteiger partial charge in [-0.1, -0.05) is 29.3 Å². The van der Waals surface area contributed by atoms with Crippen LogP contribution in [0.25, 0.3) is 11.1 Å². The summed E-state index contributed by atoms with van der Waals surface area (Å²) in [5.74, 6) is -1.59. The zero-order valence-corrected chi connectivity index (χ0v) is 11.0. The van der Waals surface area contributed by atoms with E-state index in [1.165, 1.54) is 6.07 Å². The molecule has 0 unspecified atom stereocenters. The Balaban J connectivity index is 2.55. The summed E-state index contributed by atoms with van der Waals surface area (Å²) in [6.45, 7) is 0. The maximum atomic E-state index is 13.3. The lowest BCUT2D eigenvalue weighted by Crippen LogP contribution is -2.04. The molecule has 2 aromatic rings. The molecular formula is C13H8Cl2FNO2. The summed E-state index contributed by atoms with van der Waals surface area (Å²) < 4.78 is 13.3. The van der Waals surface area contributed by atoms with Gasteiger partial charge in [0, 0.05) is 5.56 Å². The maximum Gasteiger partial charge on any atom is 0.309 e. The minimum absolute atomic E-state index is 0.271. The fraction of sp³-hybridized carbons (Fsp3) is 0.0769. The largest absolute Gasteiger partial charge is 0.481 e. The Kier molecular flexibility index (Phi) is 4.02. The molecule has 98 valence electrons. The predicted molar refractivity (Wildman–Crippen MR) is 71.0 cm³/mol. The molecule has 0 aliphatic rings. The minimum Gasteiger partial charge on any atom is -0.481 e. The summed E-state index contributed by atoms with van der Waals surface area (Å²) in [5, 5.41) is 9.51. The van der Waals surface area contributed by atoms with Crippen molar-refractivity contribution in [2.45, 2.75) is 6.42 Å². The van der Waals surface area contributed by atoms with Crippen molar-refractivity contribution in [3.8, 4) is 11.1 Å². The minimum atomic E-state index is -1.04. The molecule has 0 saturated carbocycles. The second-order valence-electron chi connectivity index (χ2n) is 3.85. The highest BCUT2D eigenvalue weighted by Crippen LogP contribution is 2.30. The van der Waals surface area contributed by atoms with Gasteiger partial charge in [-0.3, -0.25) is 9.78 Å². The van der Waals surface area contributed by atoms with Crippen LogP contribution in [0.2, 0.25) is 10.0 Å². The molecule has 0 atom stereocenters. The first-order chi connectivity index (χ1) is 8.97. The van der Waals surface area contributed by atoms with Crippen molar-refractivity contribution in [1.82, 2.24) is 4.98 Å². The van der Waals surface area contributed by atoms with Crippen molar-refractivity contribution < 1.29 is 14.3 Å². The van der Waals surface area contributed by atoms with E-state index in [1.807, 2.05) is 0 Å². The number of aliphatic carboxylic acids is 1. The van der Waals surface area contributed by atoms with Crippen LogP contribution < -0.4 is 0 Å². The number of halogens is 3. The Bertz CT molecular complexity index is 647. The Morgan fingerprint density at radius 2 is 2.00 bits per heavy atom. The standard InChI is InChI=1S/C13H8Cl2FNO2/c14-10-2-1-7(3-11(10)15)9-4-8(16)6-17-12(9)5-13(18)19/h1-4,6H,5H2,(H,18,19). The van der Waals surface area contributed by atoms with Gasteiger partial charge < -0.3 is 5.11 Å². The van der Waals surface area contributed by atoms with Crippen molar-refractivity contribution in [1.29, 1.82) is 0 Å². The van der Waals surface area contributed by atoms with Crippen LogP contribution in [0.15, 0.2) is 30.5 Å². The van der Waals surface area contributed by atoms with Gasteiger partial charge in [0.05, 0.1) is 28.4 Å². The van der Waals surface area contributed by atoms with Gasteiger partial charge in [0.2, 0.25) is 0 Å². The van der Waals surface area contributed by atoms with Gasteiger partial charge in [0.25, 0.3) is 0 Å². The van der Waals surface area contributed by atoms with E-state index < -0.39 is 11.8 Å². The second-order valence-corrected chi connectivity index (χ2v) is 4.66. The van der Waals surface area contributed by atoms with Crippen molar-refractivity contribution in [3.63, 3.8) is 0 Å². The van der Waals surface area contributed by atoms with Crippen LogP contribution in [0, 0.1) is 5.82 Å². The molecule has 19 heavy (non-hydrogen) atoms. The predicted octanol–water partition coefficient (Wildman–Crippen LogP) is 3.82. The fourth-order valence-corrected chi connectivity index (χ4v) is 1.96. The van der Waals surface area contributed by atoms with E-state index in [4.69, 9.17) is 28.3 Å². The highest BCUT2D eigenvalue weighted by Gasteiger charge is 2.12. The molecule has 0 aliphatic heterocycles. The zero-order chi connectivity index (χ0) is 14.0. The quantitative estimate of drug-likeness (QED) is 0.937. The van der Waals surface area contributed by atoms with E-state index in [0.717, 1.165) is 6.20 Å². The zero-order valence-electron chi connectivity index (χ0n) is 9.53. The molecule has 2 rings (SSSR count). The average Bonchev–Trinajstić information content (AvgIpc) is 2.34. The molecule has 0 amide bonds. The van der Waals surface area contributed by atoms with Gasteiger partial charge in [-0.15, -0.1) is 0 Å². The molecule has 3 nitrogen and oxygen atoms in total. The second kappa shape index (κ2) is 5.55. The smallest absolute Gasteiger partial charge is 0.309 e. The molecular weight excluding hydrogens is 292 g/mol. The van der Waals surface area contributed by atoms with E-state index in [2.05, 4.69) is 4.98 Å². The lowest BCUT2D eigenvalue weighted by molar-refractivity contribution is -0.136. The molecule has 0 radical (unpaired) electrons. The van der Waals surface area contributed by atoms with Gasteiger partial charge in [-0.05, 0) is 23.8 Å². The molecule has 0 aliphatic carbocycles. The third-order valence-corrected chi connectivity index (χ3v) is 3.23. The van der Waals surface area contributed by atoms with Crippen LogP contribution in [-0.4, -0.2) is 16.1 Å². The Morgan fingerprint density at radius 3 is 2.63 bits per heavy atom. The molecule has 1 aromatic heterocycles. The molecule has 0 bridgehead atoms. The van der Waals surface area contributed by atoms with Gasteiger partial charge >= 0.3 is 5.97 Å². The molecule has 0 spiro atoms. The highest BCUT2D eigenvalue weighted by molar-refractivity contribution is 6.42. The van der Waals surface area contributed by atoms with E-state index in [0.29, 0.717) is 21.2 Å². The van der Waals surface area contributed by atoms with Crippen LogP contribution in [0.5, 0.6) is 0 Å². The first kappa shape index (κ1) is 13.8. The van der Waals surface area contributed by atoms with Gasteiger partial charge in [-0.25, -0.2) is 4.39 Å². The molecule has 1 heterocycles. The Morgan fingerprint density at radius 1 is 1.26 bits per heavy atom. The van der Waals surface area contributed by atoms with Crippen molar-refractivity contribution >= 4 is 29.2 Å². The number of benzene rings is 1. The van der Waals surface area contributed by atoms with E-state index in [9.17, 15) is 9.18 Å². The number of carboxylic acids is 1. The summed E-state index contributed by atoms with van der Waals surface area (Å²) in [5.41, 5.74) is 1.23. The molecule has 1 aromatic carbocycles. The molecule has 6 heteroatoms. The maximum absolute atomic E-state index is 13.3. The third kappa shape index (κ3) is 3.22. The van der Waals surface area contributed by atoms with E-state index >= 15 is 0 Å². The number of rotatable bonds is 3. The monoisotopic (exact) mass is 299 g/mol. The van der Waals surface area contributed by atoms with Crippen LogP contribution in [-0.2, 0) is 11.2 Å². The topological polar surface area (TPSA) is 50.2 Å². The number of carbonyl (C=O) groups is 1. The van der Waals surface area contributed by atoms with Crippen LogP contribution in [0.1, 0.15) is 5.69 Å². The molecule has 0 fully saturated rings. The van der Waals surface area contributed by atoms with Crippen molar-refractivity contribution in [2.75, 3.05) is 0 Å². The van der Waals surface area contributed by atoms with Crippen LogP contribution >= 0.6 is 23.2 Å². The first-order valence-corrected chi connectivity index (χ1v) is 6.04.